The average Bonchev–Trinajstić information content (AvgIpc) is 3.39. The molecule has 0 bridgehead atoms. The molecule has 9 nitrogen and oxygen atoms in total. The van der Waals surface area contributed by atoms with Gasteiger partial charge in [-0.25, -0.2) is 14.2 Å². The number of nitrogens with one attached hydrogen (secondary N) is 1. The molecule has 0 saturated heterocycles. The Kier molecular flexibility index (Phi) is 4.97. The number of carbonyl (C=O) groups is 1. The van der Waals surface area contributed by atoms with E-state index in [0.717, 1.165) is 0 Å². The molecule has 5 rings (SSSR count). The molecular weight excluding hydrogens is 427 g/mol. The lowest BCUT2D eigenvalue weighted by molar-refractivity contribution is 0.0967. The number of nitrogens with zero attached hydrogens (tertiary/aromatic N) is 5. The van der Waals surface area contributed by atoms with Gasteiger partial charge in [-0.1, -0.05) is 5.21 Å². The first-order valence-corrected chi connectivity index (χ1v) is 10.2. The highest BCUT2D eigenvalue weighted by Crippen LogP contribution is 2.29. The van der Waals surface area contributed by atoms with Crippen molar-refractivity contribution >= 4 is 27.6 Å². The number of ketones is 1. The van der Waals surface area contributed by atoms with E-state index in [2.05, 4.69) is 20.5 Å². The Bertz CT molecular complexity index is 1570. The predicted molar refractivity (Wildman–Crippen MR) is 119 cm³/mol. The molecule has 2 aromatic carbocycles. The summed E-state index contributed by atoms with van der Waals surface area (Å²) in [5.41, 5.74) is 2.35. The molecule has 3 heterocycles. The van der Waals surface area contributed by atoms with Gasteiger partial charge in [-0.2, -0.15) is 5.10 Å². The second-order valence-electron chi connectivity index (χ2n) is 7.67. The molecule has 0 atom stereocenters. The highest BCUT2D eigenvalue weighted by molar-refractivity contribution is 6.08. The van der Waals surface area contributed by atoms with Crippen molar-refractivity contribution in [3.63, 3.8) is 0 Å². The zero-order chi connectivity index (χ0) is 23.1. The van der Waals surface area contributed by atoms with Crippen LogP contribution in [0, 0.1) is 12.7 Å². The maximum absolute atomic E-state index is 14.0. The molecule has 0 aliphatic heterocycles. The first-order valence-electron chi connectivity index (χ1n) is 10.2. The van der Waals surface area contributed by atoms with Crippen LogP contribution < -0.4 is 10.3 Å². The van der Waals surface area contributed by atoms with Gasteiger partial charge in [-0.05, 0) is 49.4 Å². The number of H-pyrrole nitrogens is 1. The van der Waals surface area contributed by atoms with Gasteiger partial charge in [0.1, 0.15) is 29.3 Å². The van der Waals surface area contributed by atoms with E-state index in [4.69, 9.17) is 4.74 Å². The largest absolute Gasteiger partial charge is 0.497 e. The molecule has 5 aromatic rings. The minimum absolute atomic E-state index is 0.0152. The van der Waals surface area contributed by atoms with E-state index in [1.54, 1.807) is 55.1 Å². The molecule has 0 amide bonds. The summed E-state index contributed by atoms with van der Waals surface area (Å²) in [5.74, 6) is 0.143. The third-order valence-electron chi connectivity index (χ3n) is 5.55. The van der Waals surface area contributed by atoms with Gasteiger partial charge in [0.15, 0.2) is 5.78 Å². The monoisotopic (exact) mass is 446 g/mol. The first kappa shape index (κ1) is 20.6. The van der Waals surface area contributed by atoms with Crippen LogP contribution in [0.3, 0.4) is 0 Å². The molecule has 0 fully saturated rings. The van der Waals surface area contributed by atoms with Crippen molar-refractivity contribution in [2.45, 2.75) is 20.0 Å². The summed E-state index contributed by atoms with van der Waals surface area (Å²) in [4.78, 5) is 25.2. The van der Waals surface area contributed by atoms with Crippen molar-refractivity contribution < 1.29 is 13.9 Å². The Labute approximate surface area is 186 Å². The quantitative estimate of drug-likeness (QED) is 0.402. The minimum Gasteiger partial charge on any atom is -0.497 e. The fraction of sp³-hybridized carbons (Fsp3) is 0.174. The summed E-state index contributed by atoms with van der Waals surface area (Å²) in [7, 11) is 1.56. The average molecular weight is 446 g/mol. The minimum atomic E-state index is -0.399. The molecule has 0 unspecified atom stereocenters. The number of hydrogen-bond donors (Lipinski definition) is 1. The SMILES string of the molecule is COc1ccc(C(=O)Cn2cc(Cn3c4ccc(F)cc4c4c(C)n[nH]c(=O)c43)nn2)cc1. The molecule has 33 heavy (non-hydrogen) atoms. The maximum atomic E-state index is 14.0. The molecule has 1 N–H and O–H groups in total. The number of fused-ring (bicyclic) bond motifs is 3. The number of benzene rings is 2. The number of halogens is 1. The van der Waals surface area contributed by atoms with Gasteiger partial charge in [0, 0.05) is 21.9 Å². The van der Waals surface area contributed by atoms with E-state index < -0.39 is 5.82 Å². The zero-order valence-electron chi connectivity index (χ0n) is 17.9. The van der Waals surface area contributed by atoms with E-state index in [9.17, 15) is 14.0 Å². The second-order valence-corrected chi connectivity index (χ2v) is 7.67. The molecule has 0 saturated carbocycles. The fourth-order valence-corrected chi connectivity index (χ4v) is 4.00. The lowest BCUT2D eigenvalue weighted by atomic mass is 10.1. The van der Waals surface area contributed by atoms with Crippen molar-refractivity contribution in [2.24, 2.45) is 0 Å². The zero-order valence-corrected chi connectivity index (χ0v) is 17.9. The first-order chi connectivity index (χ1) is 15.9. The number of aryl methyl sites for hydroxylation is 1. The smallest absolute Gasteiger partial charge is 0.288 e. The van der Waals surface area contributed by atoms with Crippen LogP contribution in [0.15, 0.2) is 53.5 Å². The van der Waals surface area contributed by atoms with E-state index in [0.29, 0.717) is 44.5 Å². The number of carbonyl (C=O) groups excluding carboxylic acids is 1. The molecule has 0 spiro atoms. The van der Waals surface area contributed by atoms with Crippen molar-refractivity contribution in [1.29, 1.82) is 0 Å². The number of aromatic nitrogens is 6. The molecule has 0 radical (unpaired) electrons. The Morgan fingerprint density at radius 2 is 1.97 bits per heavy atom. The van der Waals surface area contributed by atoms with Crippen molar-refractivity contribution in [3.8, 4) is 5.75 Å². The van der Waals surface area contributed by atoms with Crippen LogP contribution >= 0.6 is 0 Å². The maximum Gasteiger partial charge on any atom is 0.288 e. The van der Waals surface area contributed by atoms with Gasteiger partial charge in [0.25, 0.3) is 5.56 Å². The highest BCUT2D eigenvalue weighted by atomic mass is 19.1. The van der Waals surface area contributed by atoms with Gasteiger partial charge in [-0.15, -0.1) is 5.10 Å². The normalized spacial score (nSPS) is 11.4. The summed E-state index contributed by atoms with van der Waals surface area (Å²) in [6, 6.07) is 11.2. The summed E-state index contributed by atoms with van der Waals surface area (Å²) in [6.45, 7) is 1.99. The molecule has 10 heteroatoms. The van der Waals surface area contributed by atoms with Crippen LogP contribution in [0.5, 0.6) is 5.75 Å². The number of ether oxygens (including phenoxy) is 1. The van der Waals surface area contributed by atoms with E-state index >= 15 is 0 Å². The second kappa shape index (κ2) is 7.97. The number of rotatable bonds is 6. The van der Waals surface area contributed by atoms with Crippen molar-refractivity contribution in [2.75, 3.05) is 7.11 Å². The summed E-state index contributed by atoms with van der Waals surface area (Å²) in [5, 5.41) is 15.9. The Balaban J connectivity index is 1.48. The molecule has 166 valence electrons. The van der Waals surface area contributed by atoms with Crippen molar-refractivity contribution in [1.82, 2.24) is 29.8 Å². The van der Waals surface area contributed by atoms with E-state index in [-0.39, 0.29) is 24.4 Å². The molecule has 3 aromatic heterocycles. The van der Waals surface area contributed by atoms with Gasteiger partial charge in [-0.3, -0.25) is 9.59 Å². The van der Waals surface area contributed by atoms with Gasteiger partial charge < -0.3 is 9.30 Å². The lowest BCUT2D eigenvalue weighted by Gasteiger charge is -2.04. The third-order valence-corrected chi connectivity index (χ3v) is 5.55. The highest BCUT2D eigenvalue weighted by Gasteiger charge is 2.18. The molecule has 0 aliphatic carbocycles. The van der Waals surface area contributed by atoms with Gasteiger partial charge in [0.2, 0.25) is 0 Å². The van der Waals surface area contributed by atoms with Gasteiger partial charge in [0.05, 0.1) is 25.5 Å². The van der Waals surface area contributed by atoms with Crippen LogP contribution in [-0.4, -0.2) is 42.7 Å². The lowest BCUT2D eigenvalue weighted by Crippen LogP contribution is -2.14. The third kappa shape index (κ3) is 3.65. The molecular formula is C23H19FN6O3. The summed E-state index contributed by atoms with van der Waals surface area (Å²) >= 11 is 0. The van der Waals surface area contributed by atoms with E-state index in [1.807, 2.05) is 0 Å². The van der Waals surface area contributed by atoms with E-state index in [1.165, 1.54) is 16.8 Å². The standard InChI is InChI=1S/C23H19FN6O3/c1-13-21-18-9-15(24)5-8-19(18)30(22(21)23(32)27-25-13)11-16-10-29(28-26-16)12-20(31)14-3-6-17(33-2)7-4-14/h3-10H,11-12H2,1-2H3,(H,27,32). The van der Waals surface area contributed by atoms with Crippen LogP contribution in [0.2, 0.25) is 0 Å². The van der Waals surface area contributed by atoms with Crippen molar-refractivity contribution in [3.05, 3.63) is 81.8 Å². The van der Waals surface area contributed by atoms with Crippen LogP contribution in [-0.2, 0) is 13.1 Å². The Hall–Kier alpha value is -4.34. The van der Waals surface area contributed by atoms with Crippen LogP contribution in [0.1, 0.15) is 21.7 Å². The van der Waals surface area contributed by atoms with Crippen LogP contribution in [0.4, 0.5) is 4.39 Å². The number of Topliss-reactive ketones (excluding diaryl/α,β-unsaturated/α-hetero) is 1. The Morgan fingerprint density at radius 1 is 1.18 bits per heavy atom. The summed E-state index contributed by atoms with van der Waals surface area (Å²) in [6.07, 6.45) is 1.66. The number of hydrogen-bond acceptors (Lipinski definition) is 6. The summed E-state index contributed by atoms with van der Waals surface area (Å²) < 4.78 is 22.3. The number of methoxy groups -OCH3 is 1. The topological polar surface area (TPSA) is 108 Å². The fourth-order valence-electron chi connectivity index (χ4n) is 4.00. The Morgan fingerprint density at radius 3 is 2.73 bits per heavy atom. The number of aromatic amines is 1. The molecule has 0 aliphatic rings. The van der Waals surface area contributed by atoms with Gasteiger partial charge >= 0.3 is 0 Å². The predicted octanol–water partition coefficient (Wildman–Crippen LogP) is 2.86. The van der Waals surface area contributed by atoms with Crippen LogP contribution in [0.25, 0.3) is 21.8 Å².